The summed E-state index contributed by atoms with van der Waals surface area (Å²) in [5, 5.41) is 3.30. The molecule has 1 unspecified atom stereocenters. The number of carbonyl (C=O) groups excluding carboxylic acids is 2. The summed E-state index contributed by atoms with van der Waals surface area (Å²) >= 11 is 1.74. The van der Waals surface area contributed by atoms with E-state index >= 15 is 0 Å². The minimum absolute atomic E-state index is 0.0630. The highest BCUT2D eigenvalue weighted by Gasteiger charge is 2.22. The first-order valence-corrected chi connectivity index (χ1v) is 8.69. The summed E-state index contributed by atoms with van der Waals surface area (Å²) in [6.45, 7) is 1.93. The zero-order valence-electron chi connectivity index (χ0n) is 13.1. The van der Waals surface area contributed by atoms with Gasteiger partial charge in [-0.15, -0.1) is 11.8 Å². The van der Waals surface area contributed by atoms with E-state index in [0.29, 0.717) is 16.5 Å². The van der Waals surface area contributed by atoms with Gasteiger partial charge in [0.1, 0.15) is 0 Å². The van der Waals surface area contributed by atoms with E-state index in [1.807, 2.05) is 6.92 Å². The van der Waals surface area contributed by atoms with Crippen LogP contribution in [0.15, 0.2) is 24.3 Å². The molecule has 2 rings (SSSR count). The average Bonchev–Trinajstić information content (AvgIpc) is 2.55. The van der Waals surface area contributed by atoms with Crippen LogP contribution in [0.1, 0.15) is 49.4 Å². The molecule has 0 aliphatic heterocycles. The molecule has 1 aromatic rings. The van der Waals surface area contributed by atoms with Crippen LogP contribution in [-0.4, -0.2) is 29.5 Å². The molecule has 1 fully saturated rings. The molecule has 1 amide bonds. The number of methoxy groups -OCH3 is 1. The van der Waals surface area contributed by atoms with Crippen molar-refractivity contribution < 1.29 is 14.3 Å². The Balaban J connectivity index is 1.97. The molecule has 120 valence electrons. The minimum Gasteiger partial charge on any atom is -0.465 e. The molecule has 0 bridgehead atoms. The SMILES string of the molecule is COC(=O)c1ccccc1NC(=O)C(C)SC1CCCCC1. The lowest BCUT2D eigenvalue weighted by Crippen LogP contribution is -2.26. The molecule has 0 spiro atoms. The molecule has 1 aromatic carbocycles. The maximum Gasteiger partial charge on any atom is 0.339 e. The van der Waals surface area contributed by atoms with Gasteiger partial charge in [0.2, 0.25) is 5.91 Å². The standard InChI is InChI=1S/C17H23NO3S/c1-12(22-13-8-4-3-5-9-13)16(19)18-15-11-7-6-10-14(15)17(20)21-2/h6-7,10-13H,3-5,8-9H2,1-2H3,(H,18,19). The van der Waals surface area contributed by atoms with Gasteiger partial charge in [0.05, 0.1) is 23.6 Å². The van der Waals surface area contributed by atoms with E-state index in [1.165, 1.54) is 39.2 Å². The van der Waals surface area contributed by atoms with E-state index in [-0.39, 0.29) is 11.2 Å². The fourth-order valence-corrected chi connectivity index (χ4v) is 4.03. The van der Waals surface area contributed by atoms with E-state index in [9.17, 15) is 9.59 Å². The van der Waals surface area contributed by atoms with Gasteiger partial charge in [-0.3, -0.25) is 4.79 Å². The van der Waals surface area contributed by atoms with Gasteiger partial charge in [0.25, 0.3) is 0 Å². The Labute approximate surface area is 136 Å². The van der Waals surface area contributed by atoms with Crippen LogP contribution in [0, 0.1) is 0 Å². The van der Waals surface area contributed by atoms with Crippen molar-refractivity contribution in [2.45, 2.75) is 49.5 Å². The number of benzene rings is 1. The smallest absolute Gasteiger partial charge is 0.339 e. The predicted molar refractivity (Wildman–Crippen MR) is 90.3 cm³/mol. The molecular weight excluding hydrogens is 298 g/mol. The van der Waals surface area contributed by atoms with Gasteiger partial charge in [-0.1, -0.05) is 31.4 Å². The average molecular weight is 321 g/mol. The number of nitrogens with one attached hydrogen (secondary N) is 1. The lowest BCUT2D eigenvalue weighted by atomic mass is 10.0. The lowest BCUT2D eigenvalue weighted by Gasteiger charge is -2.24. The van der Waals surface area contributed by atoms with Crippen LogP contribution in [0.4, 0.5) is 5.69 Å². The highest BCUT2D eigenvalue weighted by atomic mass is 32.2. The lowest BCUT2D eigenvalue weighted by molar-refractivity contribution is -0.115. The van der Waals surface area contributed by atoms with Crippen LogP contribution in [0.2, 0.25) is 0 Å². The molecule has 1 aliphatic rings. The summed E-state index contributed by atoms with van der Waals surface area (Å²) in [6, 6.07) is 6.92. The molecular formula is C17H23NO3S. The van der Waals surface area contributed by atoms with Crippen LogP contribution in [0.5, 0.6) is 0 Å². The van der Waals surface area contributed by atoms with Crippen molar-refractivity contribution in [2.24, 2.45) is 0 Å². The predicted octanol–water partition coefficient (Wildman–Crippen LogP) is 3.87. The molecule has 0 aromatic heterocycles. The van der Waals surface area contributed by atoms with Crippen LogP contribution in [-0.2, 0) is 9.53 Å². The van der Waals surface area contributed by atoms with E-state index in [2.05, 4.69) is 5.32 Å². The summed E-state index contributed by atoms with van der Waals surface area (Å²) < 4.78 is 4.75. The van der Waals surface area contributed by atoms with Crippen LogP contribution in [0.25, 0.3) is 0 Å². The first kappa shape index (κ1) is 16.9. The number of carbonyl (C=O) groups is 2. The highest BCUT2D eigenvalue weighted by Crippen LogP contribution is 2.31. The molecule has 22 heavy (non-hydrogen) atoms. The van der Waals surface area contributed by atoms with Crippen LogP contribution >= 0.6 is 11.8 Å². The van der Waals surface area contributed by atoms with Gasteiger partial charge in [0.15, 0.2) is 0 Å². The van der Waals surface area contributed by atoms with Crippen LogP contribution in [0.3, 0.4) is 0 Å². The Kier molecular flexibility index (Phi) is 6.31. The number of anilines is 1. The normalized spacial score (nSPS) is 16.8. The topological polar surface area (TPSA) is 55.4 Å². The van der Waals surface area contributed by atoms with Crippen molar-refractivity contribution in [3.63, 3.8) is 0 Å². The first-order chi connectivity index (χ1) is 10.6. The monoisotopic (exact) mass is 321 g/mol. The number of rotatable bonds is 5. The van der Waals surface area contributed by atoms with Crippen molar-refractivity contribution in [2.75, 3.05) is 12.4 Å². The van der Waals surface area contributed by atoms with Crippen molar-refractivity contribution in [1.29, 1.82) is 0 Å². The van der Waals surface area contributed by atoms with Gasteiger partial charge in [0, 0.05) is 5.25 Å². The third-order valence-corrected chi connectivity index (χ3v) is 5.39. The maximum absolute atomic E-state index is 12.4. The second kappa shape index (κ2) is 8.22. The zero-order valence-corrected chi connectivity index (χ0v) is 13.9. The number of amides is 1. The zero-order chi connectivity index (χ0) is 15.9. The third-order valence-electron chi connectivity index (χ3n) is 3.91. The van der Waals surface area contributed by atoms with E-state index in [4.69, 9.17) is 4.74 Å². The molecule has 1 aliphatic carbocycles. The van der Waals surface area contributed by atoms with Gasteiger partial charge in [-0.2, -0.15) is 0 Å². The highest BCUT2D eigenvalue weighted by molar-refractivity contribution is 8.01. The summed E-state index contributed by atoms with van der Waals surface area (Å²) in [5.74, 6) is -0.504. The summed E-state index contributed by atoms with van der Waals surface area (Å²) in [7, 11) is 1.34. The fraction of sp³-hybridized carbons (Fsp3) is 0.529. The van der Waals surface area contributed by atoms with Crippen molar-refractivity contribution in [3.05, 3.63) is 29.8 Å². The van der Waals surface area contributed by atoms with E-state index < -0.39 is 5.97 Å². The third kappa shape index (κ3) is 4.50. The van der Waals surface area contributed by atoms with E-state index in [1.54, 1.807) is 36.0 Å². The Morgan fingerprint density at radius 3 is 2.59 bits per heavy atom. The fourth-order valence-electron chi connectivity index (χ4n) is 2.67. The second-order valence-electron chi connectivity index (χ2n) is 5.56. The van der Waals surface area contributed by atoms with Crippen molar-refractivity contribution in [3.8, 4) is 0 Å². The quantitative estimate of drug-likeness (QED) is 0.837. The van der Waals surface area contributed by atoms with Gasteiger partial charge in [-0.05, 0) is 31.9 Å². The maximum atomic E-state index is 12.4. The molecule has 0 heterocycles. The van der Waals surface area contributed by atoms with Gasteiger partial charge in [-0.25, -0.2) is 4.79 Å². The summed E-state index contributed by atoms with van der Waals surface area (Å²) in [4.78, 5) is 24.1. The Hall–Kier alpha value is -1.49. The molecule has 1 saturated carbocycles. The largest absolute Gasteiger partial charge is 0.465 e. The number of hydrogen-bond acceptors (Lipinski definition) is 4. The molecule has 0 radical (unpaired) electrons. The molecule has 4 nitrogen and oxygen atoms in total. The molecule has 0 saturated heterocycles. The summed E-state index contributed by atoms with van der Waals surface area (Å²) in [5.41, 5.74) is 0.892. The summed E-state index contributed by atoms with van der Waals surface area (Å²) in [6.07, 6.45) is 6.22. The Morgan fingerprint density at radius 1 is 1.23 bits per heavy atom. The van der Waals surface area contributed by atoms with E-state index in [0.717, 1.165) is 0 Å². The Bertz CT molecular complexity index is 526. The number of esters is 1. The van der Waals surface area contributed by atoms with Crippen molar-refractivity contribution in [1.82, 2.24) is 0 Å². The molecule has 5 heteroatoms. The molecule has 1 atom stereocenters. The second-order valence-corrected chi connectivity index (χ2v) is 7.21. The van der Waals surface area contributed by atoms with Gasteiger partial charge >= 0.3 is 5.97 Å². The first-order valence-electron chi connectivity index (χ1n) is 7.75. The number of hydrogen-bond donors (Lipinski definition) is 1. The van der Waals surface area contributed by atoms with Crippen LogP contribution < -0.4 is 5.32 Å². The number of para-hydroxylation sites is 1. The number of ether oxygens (including phenoxy) is 1. The van der Waals surface area contributed by atoms with Gasteiger partial charge < -0.3 is 10.1 Å². The minimum atomic E-state index is -0.441. The molecule has 1 N–H and O–H groups in total. The van der Waals surface area contributed by atoms with Crippen molar-refractivity contribution >= 4 is 29.3 Å². The number of thioether (sulfide) groups is 1. The Morgan fingerprint density at radius 2 is 1.91 bits per heavy atom.